The highest BCUT2D eigenvalue weighted by molar-refractivity contribution is 5.88. The van der Waals surface area contributed by atoms with Crippen LogP contribution in [-0.2, 0) is 6.18 Å². The highest BCUT2D eigenvalue weighted by Crippen LogP contribution is 2.31. The van der Waals surface area contributed by atoms with Crippen LogP contribution >= 0.6 is 0 Å². The maximum absolute atomic E-state index is 13.1. The van der Waals surface area contributed by atoms with Crippen LogP contribution < -0.4 is 5.32 Å². The van der Waals surface area contributed by atoms with Crippen LogP contribution in [0, 0.1) is 0 Å². The molecule has 3 aromatic rings. The minimum atomic E-state index is -4.66. The Morgan fingerprint density at radius 2 is 1.73 bits per heavy atom. The maximum atomic E-state index is 13.1. The van der Waals surface area contributed by atoms with Crippen LogP contribution in [0.2, 0.25) is 0 Å². The van der Waals surface area contributed by atoms with E-state index in [2.05, 4.69) is 20.3 Å². The second-order valence-corrected chi connectivity index (χ2v) is 5.18. The highest BCUT2D eigenvalue weighted by Gasteiger charge is 2.34. The first-order valence-electron chi connectivity index (χ1n) is 7.31. The molecule has 0 bridgehead atoms. The number of hydrogen-bond donors (Lipinski definition) is 2. The van der Waals surface area contributed by atoms with Crippen molar-refractivity contribution in [1.29, 1.82) is 0 Å². The van der Waals surface area contributed by atoms with E-state index < -0.39 is 17.8 Å². The average molecular weight is 360 g/mol. The maximum Gasteiger partial charge on any atom is 0.433 e. The van der Waals surface area contributed by atoms with Gasteiger partial charge in [0.15, 0.2) is 5.69 Å². The molecule has 0 atom stereocenters. The van der Waals surface area contributed by atoms with E-state index in [-0.39, 0.29) is 22.9 Å². The summed E-state index contributed by atoms with van der Waals surface area (Å²) in [6, 6.07) is 11.1. The molecular formula is C17H11F3N4O2. The summed E-state index contributed by atoms with van der Waals surface area (Å²) in [5.41, 5.74) is -0.434. The summed E-state index contributed by atoms with van der Waals surface area (Å²) in [7, 11) is 0. The fraction of sp³-hybridized carbons (Fsp3) is 0.0588. The van der Waals surface area contributed by atoms with Crippen LogP contribution in [0.15, 0.2) is 54.7 Å². The topological polar surface area (TPSA) is 88.0 Å². The lowest BCUT2D eigenvalue weighted by Crippen LogP contribution is -2.11. The molecule has 0 aliphatic carbocycles. The number of carboxylic acid groups (broad SMARTS) is 1. The minimum absolute atomic E-state index is 0.0116. The summed E-state index contributed by atoms with van der Waals surface area (Å²) >= 11 is 0. The third-order valence-electron chi connectivity index (χ3n) is 3.33. The van der Waals surface area contributed by atoms with Gasteiger partial charge in [0.25, 0.3) is 0 Å². The summed E-state index contributed by atoms with van der Waals surface area (Å²) in [5.74, 6) is -1.38. The van der Waals surface area contributed by atoms with Crippen molar-refractivity contribution in [2.45, 2.75) is 6.18 Å². The van der Waals surface area contributed by atoms with Gasteiger partial charge in [-0.25, -0.2) is 14.8 Å². The molecule has 2 heterocycles. The second kappa shape index (κ2) is 6.79. The first kappa shape index (κ1) is 17.3. The molecule has 2 N–H and O–H groups in total. The molecular weight excluding hydrogens is 349 g/mol. The number of anilines is 2. The van der Waals surface area contributed by atoms with E-state index in [1.807, 2.05) is 0 Å². The lowest BCUT2D eigenvalue weighted by Gasteiger charge is -2.11. The zero-order valence-electron chi connectivity index (χ0n) is 13.0. The lowest BCUT2D eigenvalue weighted by molar-refractivity contribution is -0.141. The Hall–Kier alpha value is -3.49. The minimum Gasteiger partial charge on any atom is -0.478 e. The van der Waals surface area contributed by atoms with E-state index in [1.165, 1.54) is 36.5 Å². The number of benzene rings is 1. The first-order valence-corrected chi connectivity index (χ1v) is 7.31. The lowest BCUT2D eigenvalue weighted by atomic mass is 10.2. The van der Waals surface area contributed by atoms with Crippen LogP contribution in [0.4, 0.5) is 24.8 Å². The summed E-state index contributed by atoms with van der Waals surface area (Å²) < 4.78 is 39.4. The molecule has 0 aliphatic rings. The van der Waals surface area contributed by atoms with Crippen LogP contribution in [0.25, 0.3) is 11.4 Å². The molecule has 1 aromatic carbocycles. The number of carboxylic acids is 1. The van der Waals surface area contributed by atoms with Crippen LogP contribution in [0.5, 0.6) is 0 Å². The van der Waals surface area contributed by atoms with Crippen molar-refractivity contribution in [3.05, 3.63) is 66.0 Å². The molecule has 0 spiro atoms. The second-order valence-electron chi connectivity index (χ2n) is 5.18. The third-order valence-corrected chi connectivity index (χ3v) is 3.33. The van der Waals surface area contributed by atoms with Gasteiger partial charge in [-0.2, -0.15) is 13.2 Å². The molecule has 0 saturated heterocycles. The quantitative estimate of drug-likeness (QED) is 0.731. The number of rotatable bonds is 4. The number of nitrogens with one attached hydrogen (secondary N) is 1. The van der Waals surface area contributed by atoms with Crippen LogP contribution in [-0.4, -0.2) is 26.0 Å². The average Bonchev–Trinajstić information content (AvgIpc) is 2.62. The standard InChI is InChI=1S/C17H11F3N4O2/c18-17(19,20)14-9-13(12-3-1-2-8-21-12)23-16(24-14)22-11-6-4-10(5-7-11)15(25)26/h1-9H,(H,25,26)(H,22,23,24). The van der Waals surface area contributed by atoms with Crippen LogP contribution in [0.1, 0.15) is 16.1 Å². The SMILES string of the molecule is O=C(O)c1ccc(Nc2nc(-c3ccccn3)cc(C(F)(F)F)n2)cc1. The third kappa shape index (κ3) is 3.94. The number of alkyl halides is 3. The zero-order chi connectivity index (χ0) is 18.7. The molecule has 0 unspecified atom stereocenters. The molecule has 2 aromatic heterocycles. The molecule has 9 heteroatoms. The predicted molar refractivity (Wildman–Crippen MR) is 86.9 cm³/mol. The van der Waals surface area contributed by atoms with Crippen molar-refractivity contribution >= 4 is 17.6 Å². The number of aromatic nitrogens is 3. The molecule has 0 amide bonds. The normalized spacial score (nSPS) is 11.2. The van der Waals surface area contributed by atoms with Crippen molar-refractivity contribution in [2.24, 2.45) is 0 Å². The summed E-state index contributed by atoms with van der Waals surface area (Å²) in [4.78, 5) is 22.4. The Bertz CT molecular complexity index is 929. The van der Waals surface area contributed by atoms with Crippen molar-refractivity contribution in [1.82, 2.24) is 15.0 Å². The van der Waals surface area contributed by atoms with Gasteiger partial charge in [0.1, 0.15) is 0 Å². The smallest absolute Gasteiger partial charge is 0.433 e. The monoisotopic (exact) mass is 360 g/mol. The van der Waals surface area contributed by atoms with E-state index in [4.69, 9.17) is 5.11 Å². The van der Waals surface area contributed by atoms with E-state index in [0.29, 0.717) is 5.69 Å². The Morgan fingerprint density at radius 3 is 2.31 bits per heavy atom. The van der Waals surface area contributed by atoms with Gasteiger partial charge in [0, 0.05) is 11.9 Å². The number of halogens is 3. The molecule has 3 rings (SSSR count). The van der Waals surface area contributed by atoms with Gasteiger partial charge in [-0.1, -0.05) is 6.07 Å². The molecule has 0 aliphatic heterocycles. The van der Waals surface area contributed by atoms with Gasteiger partial charge >= 0.3 is 12.1 Å². The van der Waals surface area contributed by atoms with Gasteiger partial charge in [0.05, 0.1) is 17.0 Å². The van der Waals surface area contributed by atoms with Gasteiger partial charge in [0.2, 0.25) is 5.95 Å². The highest BCUT2D eigenvalue weighted by atomic mass is 19.4. The summed E-state index contributed by atoms with van der Waals surface area (Å²) in [6.07, 6.45) is -3.21. The van der Waals surface area contributed by atoms with Gasteiger partial charge in [-0.05, 0) is 42.5 Å². The predicted octanol–water partition coefficient (Wildman–Crippen LogP) is 4.00. The Morgan fingerprint density at radius 1 is 1.00 bits per heavy atom. The summed E-state index contributed by atoms with van der Waals surface area (Å²) in [5, 5.41) is 11.5. The van der Waals surface area contributed by atoms with E-state index >= 15 is 0 Å². The van der Waals surface area contributed by atoms with Crippen molar-refractivity contribution in [3.63, 3.8) is 0 Å². The summed E-state index contributed by atoms with van der Waals surface area (Å²) in [6.45, 7) is 0. The van der Waals surface area contributed by atoms with Crippen molar-refractivity contribution in [3.8, 4) is 11.4 Å². The van der Waals surface area contributed by atoms with Gasteiger partial charge in [-0.3, -0.25) is 4.98 Å². The molecule has 0 radical (unpaired) electrons. The fourth-order valence-electron chi connectivity index (χ4n) is 2.12. The molecule has 26 heavy (non-hydrogen) atoms. The number of carbonyl (C=O) groups is 1. The number of pyridine rings is 1. The largest absolute Gasteiger partial charge is 0.478 e. The first-order chi connectivity index (χ1) is 12.3. The van der Waals surface area contributed by atoms with E-state index in [9.17, 15) is 18.0 Å². The molecule has 132 valence electrons. The van der Waals surface area contributed by atoms with E-state index in [1.54, 1.807) is 12.1 Å². The molecule has 0 fully saturated rings. The fourth-order valence-corrected chi connectivity index (χ4v) is 2.12. The van der Waals surface area contributed by atoms with Gasteiger partial charge < -0.3 is 10.4 Å². The van der Waals surface area contributed by atoms with Crippen molar-refractivity contribution < 1.29 is 23.1 Å². The number of aromatic carboxylic acids is 1. The van der Waals surface area contributed by atoms with Crippen molar-refractivity contribution in [2.75, 3.05) is 5.32 Å². The van der Waals surface area contributed by atoms with Crippen LogP contribution in [0.3, 0.4) is 0 Å². The Kier molecular flexibility index (Phi) is 4.53. The number of nitrogens with zero attached hydrogens (tertiary/aromatic N) is 3. The molecule has 6 nitrogen and oxygen atoms in total. The Balaban J connectivity index is 1.99. The van der Waals surface area contributed by atoms with Gasteiger partial charge in [-0.15, -0.1) is 0 Å². The zero-order valence-corrected chi connectivity index (χ0v) is 13.0. The Labute approximate surface area is 145 Å². The number of hydrogen-bond acceptors (Lipinski definition) is 5. The van der Waals surface area contributed by atoms with E-state index in [0.717, 1.165) is 6.07 Å². The molecule has 0 saturated carbocycles.